The van der Waals surface area contributed by atoms with E-state index >= 15 is 0 Å². The van der Waals surface area contributed by atoms with Crippen molar-refractivity contribution in [3.05, 3.63) is 0 Å². The minimum absolute atomic E-state index is 0.491. The van der Waals surface area contributed by atoms with Crippen LogP contribution in [-0.4, -0.2) is 6.17 Å². The van der Waals surface area contributed by atoms with E-state index in [1.165, 1.54) is 6.42 Å². The van der Waals surface area contributed by atoms with Crippen molar-refractivity contribution in [3.8, 4) is 0 Å². The van der Waals surface area contributed by atoms with Crippen molar-refractivity contribution in [2.75, 3.05) is 0 Å². The summed E-state index contributed by atoms with van der Waals surface area (Å²) in [5, 5.41) is 0. The molecule has 1 fully saturated rings. The first-order chi connectivity index (χ1) is 4.29. The van der Waals surface area contributed by atoms with Gasteiger partial charge in [-0.05, 0) is 25.2 Å². The van der Waals surface area contributed by atoms with Gasteiger partial charge in [0, 0.05) is 0 Å². The Hall–Kier alpha value is -0.0700. The normalized spacial score (nSPS) is 38.0. The minimum atomic E-state index is -0.491. The molecule has 1 aliphatic carbocycles. The second-order valence-corrected chi connectivity index (χ2v) is 3.21. The van der Waals surface area contributed by atoms with Crippen molar-refractivity contribution in [1.82, 2.24) is 0 Å². The molecule has 2 atom stereocenters. The number of halogens is 1. The monoisotopic (exact) mass is 130 g/mol. The van der Waals surface area contributed by atoms with Crippen molar-refractivity contribution in [1.29, 1.82) is 0 Å². The lowest BCUT2D eigenvalue weighted by Gasteiger charge is -2.03. The van der Waals surface area contributed by atoms with Crippen molar-refractivity contribution >= 4 is 0 Å². The molecule has 1 heteroatoms. The van der Waals surface area contributed by atoms with Crippen LogP contribution in [0.15, 0.2) is 0 Å². The fourth-order valence-corrected chi connectivity index (χ4v) is 1.44. The molecular weight excluding hydrogens is 115 g/mol. The summed E-state index contributed by atoms with van der Waals surface area (Å²) >= 11 is 0. The van der Waals surface area contributed by atoms with Crippen molar-refractivity contribution in [3.63, 3.8) is 0 Å². The zero-order valence-electron chi connectivity index (χ0n) is 6.07. The van der Waals surface area contributed by atoms with Crippen LogP contribution in [0.5, 0.6) is 0 Å². The van der Waals surface area contributed by atoms with Crippen LogP contribution in [0.1, 0.15) is 39.0 Å². The average molecular weight is 130 g/mol. The molecule has 0 saturated heterocycles. The van der Waals surface area contributed by atoms with E-state index in [4.69, 9.17) is 0 Å². The highest BCUT2D eigenvalue weighted by atomic mass is 19.1. The second kappa shape index (κ2) is 3.19. The molecule has 0 aromatic carbocycles. The van der Waals surface area contributed by atoms with Crippen LogP contribution in [-0.2, 0) is 0 Å². The summed E-state index contributed by atoms with van der Waals surface area (Å²) in [6.07, 6.45) is 4.56. The smallest absolute Gasteiger partial charge is 0.100 e. The third kappa shape index (κ3) is 2.33. The quantitative estimate of drug-likeness (QED) is 0.442. The number of hydrogen-bond acceptors (Lipinski definition) is 0. The van der Waals surface area contributed by atoms with Gasteiger partial charge in [-0.2, -0.15) is 0 Å². The van der Waals surface area contributed by atoms with Crippen LogP contribution in [0, 0.1) is 5.92 Å². The molecule has 0 heterocycles. The average Bonchev–Trinajstić information content (AvgIpc) is 1.97. The van der Waals surface area contributed by atoms with Gasteiger partial charge in [-0.1, -0.05) is 19.8 Å². The first-order valence-corrected chi connectivity index (χ1v) is 3.93. The Bertz CT molecular complexity index is 70.6. The van der Waals surface area contributed by atoms with Crippen LogP contribution in [0.2, 0.25) is 0 Å². The van der Waals surface area contributed by atoms with Crippen molar-refractivity contribution < 1.29 is 4.39 Å². The molecule has 0 radical (unpaired) electrons. The van der Waals surface area contributed by atoms with E-state index in [0.29, 0.717) is 0 Å². The summed E-state index contributed by atoms with van der Waals surface area (Å²) < 4.78 is 12.6. The zero-order chi connectivity index (χ0) is 6.69. The van der Waals surface area contributed by atoms with Gasteiger partial charge in [0.25, 0.3) is 0 Å². The molecule has 0 aromatic heterocycles. The molecule has 1 saturated carbocycles. The first kappa shape index (κ1) is 7.04. The summed E-state index contributed by atoms with van der Waals surface area (Å²) in [6.45, 7) is 2.22. The largest absolute Gasteiger partial charge is 0.247 e. The number of rotatable bonds is 0. The molecular formula is C8H15F. The third-order valence-corrected chi connectivity index (χ3v) is 2.19. The third-order valence-electron chi connectivity index (χ3n) is 2.19. The number of hydrogen-bond donors (Lipinski definition) is 0. The van der Waals surface area contributed by atoms with E-state index in [2.05, 4.69) is 6.92 Å². The summed E-state index contributed by atoms with van der Waals surface area (Å²) in [5.74, 6) is 0.769. The molecule has 0 aliphatic heterocycles. The van der Waals surface area contributed by atoms with Gasteiger partial charge < -0.3 is 0 Å². The Morgan fingerprint density at radius 1 is 1.11 bits per heavy atom. The predicted octanol–water partition coefficient (Wildman–Crippen LogP) is 2.92. The first-order valence-electron chi connectivity index (χ1n) is 3.93. The van der Waals surface area contributed by atoms with Gasteiger partial charge in [0.2, 0.25) is 0 Å². The zero-order valence-corrected chi connectivity index (χ0v) is 6.07. The fourth-order valence-electron chi connectivity index (χ4n) is 1.44. The molecule has 1 rings (SSSR count). The Labute approximate surface area is 56.5 Å². The Balaban J connectivity index is 2.25. The highest BCUT2D eigenvalue weighted by Gasteiger charge is 2.14. The second-order valence-electron chi connectivity index (χ2n) is 3.21. The van der Waals surface area contributed by atoms with E-state index in [1.807, 2.05) is 0 Å². The maximum Gasteiger partial charge on any atom is 0.100 e. The lowest BCUT2D eigenvalue weighted by molar-refractivity contribution is 0.298. The molecule has 0 bridgehead atoms. The van der Waals surface area contributed by atoms with Crippen LogP contribution in [0.25, 0.3) is 0 Å². The summed E-state index contributed by atoms with van der Waals surface area (Å²) in [6, 6.07) is 0. The van der Waals surface area contributed by atoms with E-state index in [-0.39, 0.29) is 0 Å². The maximum absolute atomic E-state index is 12.6. The summed E-state index contributed by atoms with van der Waals surface area (Å²) in [4.78, 5) is 0. The van der Waals surface area contributed by atoms with Gasteiger partial charge in [-0.15, -0.1) is 0 Å². The topological polar surface area (TPSA) is 0 Å². The van der Waals surface area contributed by atoms with Crippen LogP contribution in [0.3, 0.4) is 0 Å². The van der Waals surface area contributed by atoms with Crippen molar-refractivity contribution in [2.24, 2.45) is 5.92 Å². The van der Waals surface area contributed by atoms with Crippen LogP contribution < -0.4 is 0 Å². The van der Waals surface area contributed by atoms with Gasteiger partial charge in [-0.25, -0.2) is 4.39 Å². The Morgan fingerprint density at radius 2 is 1.89 bits per heavy atom. The molecule has 1 aliphatic rings. The lowest BCUT2D eigenvalue weighted by atomic mass is 10.0. The van der Waals surface area contributed by atoms with Gasteiger partial charge in [-0.3, -0.25) is 0 Å². The Kier molecular flexibility index (Phi) is 2.49. The van der Waals surface area contributed by atoms with E-state index in [1.54, 1.807) is 0 Å². The van der Waals surface area contributed by atoms with Gasteiger partial charge >= 0.3 is 0 Å². The highest BCUT2D eigenvalue weighted by Crippen LogP contribution is 2.23. The predicted molar refractivity (Wildman–Crippen MR) is 37.1 cm³/mol. The SMILES string of the molecule is CC1CCCC(F)CC1. The van der Waals surface area contributed by atoms with E-state index < -0.39 is 6.17 Å². The molecule has 2 unspecified atom stereocenters. The van der Waals surface area contributed by atoms with Crippen LogP contribution >= 0.6 is 0 Å². The molecule has 54 valence electrons. The molecule has 0 spiro atoms. The summed E-state index contributed by atoms with van der Waals surface area (Å²) in [7, 11) is 0. The maximum atomic E-state index is 12.6. The van der Waals surface area contributed by atoms with Crippen LogP contribution in [0.4, 0.5) is 4.39 Å². The lowest BCUT2D eigenvalue weighted by Crippen LogP contribution is -1.96. The molecule has 0 nitrogen and oxygen atoms in total. The van der Waals surface area contributed by atoms with Gasteiger partial charge in [0.1, 0.15) is 6.17 Å². The molecule has 0 N–H and O–H groups in total. The van der Waals surface area contributed by atoms with E-state index in [9.17, 15) is 4.39 Å². The van der Waals surface area contributed by atoms with E-state index in [0.717, 1.165) is 31.6 Å². The number of alkyl halides is 1. The Morgan fingerprint density at radius 3 is 2.67 bits per heavy atom. The van der Waals surface area contributed by atoms with Gasteiger partial charge in [0.05, 0.1) is 0 Å². The minimum Gasteiger partial charge on any atom is -0.247 e. The molecule has 0 aromatic rings. The highest BCUT2D eigenvalue weighted by molar-refractivity contribution is 4.66. The van der Waals surface area contributed by atoms with Crippen molar-refractivity contribution in [2.45, 2.75) is 45.2 Å². The fraction of sp³-hybridized carbons (Fsp3) is 1.00. The molecule has 9 heavy (non-hydrogen) atoms. The van der Waals surface area contributed by atoms with Gasteiger partial charge in [0.15, 0.2) is 0 Å². The molecule has 0 amide bonds. The summed E-state index contributed by atoms with van der Waals surface area (Å²) in [5.41, 5.74) is 0. The standard InChI is InChI=1S/C8H15F/c1-7-3-2-4-8(9)6-5-7/h7-8H,2-6H2,1H3.